The summed E-state index contributed by atoms with van der Waals surface area (Å²) in [6.07, 6.45) is 6.29. The van der Waals surface area contributed by atoms with Crippen LogP contribution in [-0.4, -0.2) is 15.5 Å². The average molecular weight is 191 g/mol. The summed E-state index contributed by atoms with van der Waals surface area (Å²) < 4.78 is 0. The van der Waals surface area contributed by atoms with Gasteiger partial charge in [0, 0.05) is 17.9 Å². The van der Waals surface area contributed by atoms with E-state index in [9.17, 15) is 0 Å². The van der Waals surface area contributed by atoms with Gasteiger partial charge in [-0.3, -0.25) is 0 Å². The molecule has 0 aromatic carbocycles. The summed E-state index contributed by atoms with van der Waals surface area (Å²) in [5.41, 5.74) is 0.235. The molecule has 1 aromatic rings. The van der Waals surface area contributed by atoms with Crippen LogP contribution < -0.4 is 5.32 Å². The fraction of sp³-hybridized carbons (Fsp3) is 0.636. The molecule has 1 fully saturated rings. The van der Waals surface area contributed by atoms with Gasteiger partial charge in [0.15, 0.2) is 0 Å². The van der Waals surface area contributed by atoms with E-state index in [4.69, 9.17) is 0 Å². The van der Waals surface area contributed by atoms with Gasteiger partial charge in [-0.1, -0.05) is 0 Å². The second-order valence-corrected chi connectivity index (χ2v) is 4.51. The Hall–Kier alpha value is -0.960. The molecular formula is C11H17N3. The van der Waals surface area contributed by atoms with Crippen LogP contribution in [0, 0.1) is 5.92 Å². The van der Waals surface area contributed by atoms with Crippen molar-refractivity contribution in [2.24, 2.45) is 5.92 Å². The Balaban J connectivity index is 1.87. The fourth-order valence-electron chi connectivity index (χ4n) is 1.68. The molecule has 0 radical (unpaired) electrons. The highest BCUT2D eigenvalue weighted by atomic mass is 15.0. The molecule has 1 aromatic heterocycles. The van der Waals surface area contributed by atoms with Crippen molar-refractivity contribution in [3.05, 3.63) is 24.3 Å². The molecule has 14 heavy (non-hydrogen) atoms. The minimum Gasteiger partial charge on any atom is -0.305 e. The van der Waals surface area contributed by atoms with E-state index in [2.05, 4.69) is 29.1 Å². The van der Waals surface area contributed by atoms with E-state index in [1.807, 2.05) is 6.07 Å². The molecule has 76 valence electrons. The van der Waals surface area contributed by atoms with Crippen LogP contribution in [0.15, 0.2) is 18.5 Å². The molecule has 2 rings (SSSR count). The van der Waals surface area contributed by atoms with Crippen LogP contribution in [0.5, 0.6) is 0 Å². The fourth-order valence-corrected chi connectivity index (χ4v) is 1.68. The second-order valence-electron chi connectivity index (χ2n) is 4.51. The molecule has 0 amide bonds. The predicted molar refractivity (Wildman–Crippen MR) is 55.7 cm³/mol. The molecule has 3 nitrogen and oxygen atoms in total. The first-order valence-corrected chi connectivity index (χ1v) is 5.19. The first kappa shape index (κ1) is 9.59. The van der Waals surface area contributed by atoms with Crippen LogP contribution in [0.3, 0.4) is 0 Å². The van der Waals surface area contributed by atoms with Crippen molar-refractivity contribution in [3.63, 3.8) is 0 Å². The van der Waals surface area contributed by atoms with Gasteiger partial charge in [-0.25, -0.2) is 9.97 Å². The Morgan fingerprint density at radius 2 is 2.00 bits per heavy atom. The highest BCUT2D eigenvalue weighted by Crippen LogP contribution is 2.39. The van der Waals surface area contributed by atoms with Crippen molar-refractivity contribution >= 4 is 0 Å². The standard InChI is InChI=1S/C11H17N3/c1-11(2,9-4-5-9)14-8-10-12-6-3-7-13-10/h3,6-7,9,14H,4-5,8H2,1-2H3. The maximum Gasteiger partial charge on any atom is 0.141 e. The van der Waals surface area contributed by atoms with Crippen molar-refractivity contribution in [2.45, 2.75) is 38.8 Å². The van der Waals surface area contributed by atoms with Crippen LogP contribution in [-0.2, 0) is 6.54 Å². The molecule has 0 spiro atoms. The van der Waals surface area contributed by atoms with Crippen LogP contribution >= 0.6 is 0 Å². The number of rotatable bonds is 4. The summed E-state index contributed by atoms with van der Waals surface area (Å²) in [4.78, 5) is 8.38. The molecule has 0 aliphatic heterocycles. The van der Waals surface area contributed by atoms with Gasteiger partial charge in [-0.15, -0.1) is 0 Å². The average Bonchev–Trinajstić information content (AvgIpc) is 3.00. The van der Waals surface area contributed by atoms with Gasteiger partial charge < -0.3 is 5.32 Å². The molecule has 0 atom stereocenters. The number of aromatic nitrogens is 2. The van der Waals surface area contributed by atoms with Crippen molar-refractivity contribution in [1.82, 2.24) is 15.3 Å². The lowest BCUT2D eigenvalue weighted by molar-refractivity contribution is 0.335. The van der Waals surface area contributed by atoms with Gasteiger partial charge in [0.05, 0.1) is 6.54 Å². The van der Waals surface area contributed by atoms with Crippen molar-refractivity contribution in [2.75, 3.05) is 0 Å². The van der Waals surface area contributed by atoms with E-state index in [0.29, 0.717) is 0 Å². The molecule has 1 saturated carbocycles. The third-order valence-electron chi connectivity index (χ3n) is 2.92. The van der Waals surface area contributed by atoms with Gasteiger partial charge in [-0.2, -0.15) is 0 Å². The van der Waals surface area contributed by atoms with E-state index in [-0.39, 0.29) is 5.54 Å². The largest absolute Gasteiger partial charge is 0.305 e. The second kappa shape index (κ2) is 3.65. The minimum absolute atomic E-state index is 0.235. The Kier molecular flexibility index (Phi) is 2.50. The summed E-state index contributed by atoms with van der Waals surface area (Å²) in [6, 6.07) is 1.84. The summed E-state index contributed by atoms with van der Waals surface area (Å²) in [5.74, 6) is 1.72. The third kappa shape index (κ3) is 2.29. The molecule has 1 aliphatic carbocycles. The lowest BCUT2D eigenvalue weighted by Crippen LogP contribution is -2.41. The number of nitrogens with one attached hydrogen (secondary N) is 1. The molecule has 1 aliphatic rings. The summed E-state index contributed by atoms with van der Waals surface area (Å²) >= 11 is 0. The predicted octanol–water partition coefficient (Wildman–Crippen LogP) is 1.75. The maximum atomic E-state index is 4.19. The van der Waals surface area contributed by atoms with Crippen LogP contribution in [0.25, 0.3) is 0 Å². The summed E-state index contributed by atoms with van der Waals surface area (Å²) in [5, 5.41) is 3.51. The Morgan fingerprint density at radius 3 is 2.57 bits per heavy atom. The molecule has 0 unspecified atom stereocenters. The number of hydrogen-bond acceptors (Lipinski definition) is 3. The first-order chi connectivity index (χ1) is 6.68. The van der Waals surface area contributed by atoms with Crippen molar-refractivity contribution < 1.29 is 0 Å². The highest BCUT2D eigenvalue weighted by Gasteiger charge is 2.37. The van der Waals surface area contributed by atoms with Gasteiger partial charge in [0.1, 0.15) is 5.82 Å². The van der Waals surface area contributed by atoms with E-state index in [1.54, 1.807) is 12.4 Å². The zero-order valence-electron chi connectivity index (χ0n) is 8.83. The third-order valence-corrected chi connectivity index (χ3v) is 2.92. The van der Waals surface area contributed by atoms with Crippen LogP contribution in [0.4, 0.5) is 0 Å². The first-order valence-electron chi connectivity index (χ1n) is 5.19. The highest BCUT2D eigenvalue weighted by molar-refractivity contribution is 4.96. The number of hydrogen-bond donors (Lipinski definition) is 1. The Bertz CT molecular complexity index is 291. The molecule has 3 heteroatoms. The zero-order valence-corrected chi connectivity index (χ0v) is 8.83. The van der Waals surface area contributed by atoms with E-state index >= 15 is 0 Å². The smallest absolute Gasteiger partial charge is 0.141 e. The van der Waals surface area contributed by atoms with Crippen molar-refractivity contribution in [1.29, 1.82) is 0 Å². The molecule has 1 N–H and O–H groups in total. The number of nitrogens with zero attached hydrogens (tertiary/aromatic N) is 2. The molecular weight excluding hydrogens is 174 g/mol. The Labute approximate surface area is 85.0 Å². The van der Waals surface area contributed by atoms with E-state index < -0.39 is 0 Å². The van der Waals surface area contributed by atoms with Gasteiger partial charge >= 0.3 is 0 Å². The van der Waals surface area contributed by atoms with E-state index in [0.717, 1.165) is 18.3 Å². The molecule has 0 saturated heterocycles. The lowest BCUT2D eigenvalue weighted by Gasteiger charge is -2.25. The van der Waals surface area contributed by atoms with Gasteiger partial charge in [0.25, 0.3) is 0 Å². The topological polar surface area (TPSA) is 37.8 Å². The van der Waals surface area contributed by atoms with Crippen LogP contribution in [0.2, 0.25) is 0 Å². The van der Waals surface area contributed by atoms with E-state index in [1.165, 1.54) is 12.8 Å². The van der Waals surface area contributed by atoms with Crippen molar-refractivity contribution in [3.8, 4) is 0 Å². The summed E-state index contributed by atoms with van der Waals surface area (Å²) in [6.45, 7) is 5.28. The zero-order chi connectivity index (χ0) is 10.0. The maximum absolute atomic E-state index is 4.19. The molecule has 0 bridgehead atoms. The SMILES string of the molecule is CC(C)(NCc1ncccn1)C1CC1. The Morgan fingerprint density at radius 1 is 1.36 bits per heavy atom. The summed E-state index contributed by atoms with van der Waals surface area (Å²) in [7, 11) is 0. The quantitative estimate of drug-likeness (QED) is 0.788. The molecule has 1 heterocycles. The lowest BCUT2D eigenvalue weighted by atomic mass is 9.99. The van der Waals surface area contributed by atoms with Crippen LogP contribution in [0.1, 0.15) is 32.5 Å². The normalized spacial score (nSPS) is 17.0. The monoisotopic (exact) mass is 191 g/mol. The minimum atomic E-state index is 0.235. The van der Waals surface area contributed by atoms with Gasteiger partial charge in [-0.05, 0) is 38.7 Å². The van der Waals surface area contributed by atoms with Gasteiger partial charge in [0.2, 0.25) is 0 Å².